The summed E-state index contributed by atoms with van der Waals surface area (Å²) < 4.78 is 0. The molecule has 108 valence electrons. The van der Waals surface area contributed by atoms with Crippen LogP contribution in [0.25, 0.3) is 0 Å². The quantitative estimate of drug-likeness (QED) is 0.860. The first-order valence-electron chi connectivity index (χ1n) is 8.12. The van der Waals surface area contributed by atoms with Crippen LogP contribution in [0.3, 0.4) is 0 Å². The molecule has 2 nitrogen and oxygen atoms in total. The van der Waals surface area contributed by atoms with Crippen molar-refractivity contribution in [1.82, 2.24) is 4.90 Å². The Morgan fingerprint density at radius 3 is 2.26 bits per heavy atom. The minimum Gasteiger partial charge on any atom is -0.396 e. The fraction of sp³-hybridized carbons (Fsp3) is 1.00. The summed E-state index contributed by atoms with van der Waals surface area (Å²) in [5.41, 5.74) is 0.906. The molecular formula is C16H27NOS. The van der Waals surface area contributed by atoms with E-state index in [1.54, 1.807) is 0 Å². The Morgan fingerprint density at radius 2 is 1.63 bits per heavy atom. The van der Waals surface area contributed by atoms with Crippen molar-refractivity contribution >= 4 is 11.8 Å². The van der Waals surface area contributed by atoms with Crippen LogP contribution in [0.4, 0.5) is 0 Å². The maximum atomic E-state index is 9.93. The molecule has 2 atom stereocenters. The fourth-order valence-corrected chi connectivity index (χ4v) is 7.23. The molecule has 19 heavy (non-hydrogen) atoms. The lowest BCUT2D eigenvalue weighted by molar-refractivity contribution is -0.137. The Balaban J connectivity index is 1.53. The number of aliphatic hydroxyl groups is 1. The summed E-state index contributed by atoms with van der Waals surface area (Å²) in [4.78, 5) is 2.73. The normalized spacial score (nSPS) is 49.7. The molecule has 1 saturated heterocycles. The number of nitrogens with zero attached hydrogens (tertiary/aromatic N) is 1. The number of thioether (sulfide) groups is 1. The third-order valence-corrected chi connectivity index (χ3v) is 7.24. The van der Waals surface area contributed by atoms with Gasteiger partial charge in [0.25, 0.3) is 0 Å². The van der Waals surface area contributed by atoms with Crippen molar-refractivity contribution in [3.8, 4) is 0 Å². The van der Waals surface area contributed by atoms with Gasteiger partial charge in [0.1, 0.15) is 0 Å². The van der Waals surface area contributed by atoms with Crippen LogP contribution in [0.1, 0.15) is 38.5 Å². The second-order valence-corrected chi connectivity index (χ2v) is 9.23. The minimum atomic E-state index is 0.328. The van der Waals surface area contributed by atoms with E-state index in [1.807, 2.05) is 0 Å². The number of hydrogen-bond donors (Lipinski definition) is 1. The lowest BCUT2D eigenvalue weighted by atomic mass is 9.44. The first-order valence-corrected chi connectivity index (χ1v) is 9.27. The van der Waals surface area contributed by atoms with E-state index in [0.717, 1.165) is 11.8 Å². The molecular weight excluding hydrogens is 254 g/mol. The molecule has 1 heterocycles. The van der Waals surface area contributed by atoms with Gasteiger partial charge < -0.3 is 10.0 Å². The predicted octanol–water partition coefficient (Wildman–Crippen LogP) is 2.61. The summed E-state index contributed by atoms with van der Waals surface area (Å²) in [6.07, 6.45) is 8.39. The Kier molecular flexibility index (Phi) is 3.17. The number of aliphatic hydroxyl groups excluding tert-OH is 1. The molecule has 0 radical (unpaired) electrons. The van der Waals surface area contributed by atoms with Gasteiger partial charge in [-0.3, -0.25) is 0 Å². The van der Waals surface area contributed by atoms with Crippen LogP contribution >= 0.6 is 11.8 Å². The van der Waals surface area contributed by atoms with Crippen LogP contribution in [0.2, 0.25) is 0 Å². The fourth-order valence-electron chi connectivity index (χ4n) is 6.25. The predicted molar refractivity (Wildman–Crippen MR) is 80.4 cm³/mol. The Labute approximate surface area is 121 Å². The van der Waals surface area contributed by atoms with Crippen molar-refractivity contribution in [1.29, 1.82) is 0 Å². The van der Waals surface area contributed by atoms with Gasteiger partial charge in [-0.1, -0.05) is 0 Å². The van der Waals surface area contributed by atoms with E-state index in [-0.39, 0.29) is 0 Å². The zero-order valence-corrected chi connectivity index (χ0v) is 12.8. The van der Waals surface area contributed by atoms with Crippen molar-refractivity contribution in [3.05, 3.63) is 0 Å². The second kappa shape index (κ2) is 4.64. The third kappa shape index (κ3) is 2.26. The molecule has 3 heteroatoms. The molecule has 5 rings (SSSR count). The van der Waals surface area contributed by atoms with E-state index in [4.69, 9.17) is 0 Å². The zero-order chi connectivity index (χ0) is 12.9. The standard InChI is InChI=1S/C16H27NOS/c18-12-16-8-13-5-14(9-16)7-15(6-13,10-16)11-17-1-3-19-4-2-17/h13-14,18H,1-12H2. The van der Waals surface area contributed by atoms with Crippen molar-refractivity contribution in [2.24, 2.45) is 22.7 Å². The maximum absolute atomic E-state index is 9.93. The van der Waals surface area contributed by atoms with E-state index in [0.29, 0.717) is 17.4 Å². The van der Waals surface area contributed by atoms with Crippen LogP contribution in [-0.2, 0) is 0 Å². The van der Waals surface area contributed by atoms with E-state index in [1.165, 1.54) is 69.7 Å². The van der Waals surface area contributed by atoms with Gasteiger partial charge in [-0.15, -0.1) is 0 Å². The summed E-state index contributed by atoms with van der Waals surface area (Å²) in [5, 5.41) is 9.93. The molecule has 4 saturated carbocycles. The van der Waals surface area contributed by atoms with Gasteiger partial charge in [-0.05, 0) is 61.2 Å². The van der Waals surface area contributed by atoms with Crippen LogP contribution in [-0.4, -0.2) is 47.8 Å². The molecule has 1 N–H and O–H groups in total. The number of rotatable bonds is 3. The highest BCUT2D eigenvalue weighted by Crippen LogP contribution is 2.65. The highest BCUT2D eigenvalue weighted by molar-refractivity contribution is 7.99. The molecule has 0 aromatic rings. The minimum absolute atomic E-state index is 0.328. The summed E-state index contributed by atoms with van der Waals surface area (Å²) in [7, 11) is 0. The Bertz CT molecular complexity index is 339. The van der Waals surface area contributed by atoms with Crippen molar-refractivity contribution in [3.63, 3.8) is 0 Å². The molecule has 0 amide bonds. The molecule has 5 fully saturated rings. The van der Waals surface area contributed by atoms with Gasteiger partial charge in [0.2, 0.25) is 0 Å². The highest BCUT2D eigenvalue weighted by Gasteiger charge is 2.57. The smallest absolute Gasteiger partial charge is 0.0487 e. The first-order chi connectivity index (χ1) is 9.21. The molecule has 0 spiro atoms. The van der Waals surface area contributed by atoms with Crippen molar-refractivity contribution in [2.45, 2.75) is 38.5 Å². The third-order valence-electron chi connectivity index (χ3n) is 6.30. The maximum Gasteiger partial charge on any atom is 0.0487 e. The first kappa shape index (κ1) is 13.0. The van der Waals surface area contributed by atoms with Crippen LogP contribution in [0.15, 0.2) is 0 Å². The van der Waals surface area contributed by atoms with Crippen LogP contribution in [0.5, 0.6) is 0 Å². The topological polar surface area (TPSA) is 23.5 Å². The van der Waals surface area contributed by atoms with Gasteiger partial charge in [-0.2, -0.15) is 11.8 Å². The molecule has 0 aromatic heterocycles. The molecule has 1 aliphatic heterocycles. The second-order valence-electron chi connectivity index (χ2n) is 8.01. The Morgan fingerprint density at radius 1 is 1.00 bits per heavy atom. The zero-order valence-electron chi connectivity index (χ0n) is 11.9. The van der Waals surface area contributed by atoms with Gasteiger partial charge in [0.15, 0.2) is 0 Å². The van der Waals surface area contributed by atoms with Crippen LogP contribution < -0.4 is 0 Å². The van der Waals surface area contributed by atoms with Crippen molar-refractivity contribution in [2.75, 3.05) is 37.7 Å². The molecule has 2 unspecified atom stereocenters. The summed E-state index contributed by atoms with van der Waals surface area (Å²) in [5.74, 6) is 4.53. The molecule has 4 aliphatic carbocycles. The largest absolute Gasteiger partial charge is 0.396 e. The molecule has 0 aromatic carbocycles. The lowest BCUT2D eigenvalue weighted by Crippen LogP contribution is -2.57. The van der Waals surface area contributed by atoms with Gasteiger partial charge in [-0.25, -0.2) is 0 Å². The molecule has 4 bridgehead atoms. The lowest BCUT2D eigenvalue weighted by Gasteiger charge is -2.62. The van der Waals surface area contributed by atoms with Crippen LogP contribution in [0, 0.1) is 22.7 Å². The summed E-state index contributed by atoms with van der Waals surface area (Å²) in [6.45, 7) is 4.39. The van der Waals surface area contributed by atoms with E-state index < -0.39 is 0 Å². The Hall–Kier alpha value is 0.270. The SMILES string of the molecule is OCC12CC3CC(C1)CC(CN1CCSCC1)(C3)C2. The van der Waals surface area contributed by atoms with Gasteiger partial charge in [0, 0.05) is 37.7 Å². The average Bonchev–Trinajstić information content (AvgIpc) is 2.38. The van der Waals surface area contributed by atoms with E-state index in [2.05, 4.69) is 16.7 Å². The van der Waals surface area contributed by atoms with Gasteiger partial charge in [0.05, 0.1) is 0 Å². The van der Waals surface area contributed by atoms with Gasteiger partial charge >= 0.3 is 0 Å². The average molecular weight is 281 g/mol. The summed E-state index contributed by atoms with van der Waals surface area (Å²) in [6, 6.07) is 0. The number of hydrogen-bond acceptors (Lipinski definition) is 3. The van der Waals surface area contributed by atoms with E-state index in [9.17, 15) is 5.11 Å². The van der Waals surface area contributed by atoms with E-state index >= 15 is 0 Å². The monoisotopic (exact) mass is 281 g/mol. The van der Waals surface area contributed by atoms with Crippen molar-refractivity contribution < 1.29 is 5.11 Å². The summed E-state index contributed by atoms with van der Waals surface area (Å²) >= 11 is 2.11. The molecule has 5 aliphatic rings. The highest BCUT2D eigenvalue weighted by atomic mass is 32.2.